The number of carbonyl (C=O) groups is 2. The molecule has 0 saturated heterocycles. The Hall–Kier alpha value is -3.20. The third-order valence-electron chi connectivity index (χ3n) is 5.63. The molecule has 0 atom stereocenters. The van der Waals surface area contributed by atoms with Crippen molar-refractivity contribution in [1.82, 2.24) is 0 Å². The van der Waals surface area contributed by atoms with E-state index in [1.165, 1.54) is 5.56 Å². The molecule has 0 fully saturated rings. The average Bonchev–Trinajstić information content (AvgIpc) is 3.31. The van der Waals surface area contributed by atoms with Crippen LogP contribution in [0.15, 0.2) is 52.9 Å². The van der Waals surface area contributed by atoms with E-state index < -0.39 is 5.92 Å². The summed E-state index contributed by atoms with van der Waals surface area (Å²) in [5.41, 5.74) is 8.17. The fourth-order valence-corrected chi connectivity index (χ4v) is 4.35. The first-order valence-electron chi connectivity index (χ1n) is 9.07. The fraction of sp³-hybridized carbons (Fsp3) is 0.167. The number of hydrogen-bond donors (Lipinski definition) is 0. The summed E-state index contributed by atoms with van der Waals surface area (Å²) in [6.07, 6.45) is 0. The van der Waals surface area contributed by atoms with Crippen LogP contribution >= 0.6 is 0 Å². The predicted molar refractivity (Wildman–Crippen MR) is 105 cm³/mol. The van der Waals surface area contributed by atoms with Crippen molar-refractivity contribution in [2.45, 2.75) is 26.7 Å². The molecule has 132 valence electrons. The van der Waals surface area contributed by atoms with Gasteiger partial charge in [0.05, 0.1) is 11.1 Å². The Morgan fingerprint density at radius 2 is 1.22 bits per heavy atom. The van der Waals surface area contributed by atoms with E-state index in [1.54, 1.807) is 12.1 Å². The van der Waals surface area contributed by atoms with Crippen molar-refractivity contribution in [3.8, 4) is 11.1 Å². The minimum Gasteiger partial charge on any atom is -0.456 e. The van der Waals surface area contributed by atoms with E-state index in [2.05, 4.69) is 43.3 Å². The van der Waals surface area contributed by atoms with Gasteiger partial charge in [0.2, 0.25) is 0 Å². The van der Waals surface area contributed by atoms with Gasteiger partial charge >= 0.3 is 0 Å². The van der Waals surface area contributed by atoms with Crippen molar-refractivity contribution in [3.63, 3.8) is 0 Å². The number of furan rings is 2. The molecular formula is C24H18O3. The third-order valence-corrected chi connectivity index (χ3v) is 5.63. The van der Waals surface area contributed by atoms with Gasteiger partial charge in [0, 0.05) is 0 Å². The first kappa shape index (κ1) is 16.0. The minimum atomic E-state index is -0.754. The lowest BCUT2D eigenvalue weighted by molar-refractivity contribution is 0.0889. The molecule has 0 unspecified atom stereocenters. The smallest absolute Gasteiger partial charge is 0.182 e. The van der Waals surface area contributed by atoms with E-state index in [4.69, 9.17) is 4.42 Å². The van der Waals surface area contributed by atoms with Gasteiger partial charge in [-0.2, -0.15) is 0 Å². The van der Waals surface area contributed by atoms with Crippen LogP contribution in [0.5, 0.6) is 0 Å². The van der Waals surface area contributed by atoms with Gasteiger partial charge in [0.15, 0.2) is 11.6 Å². The molecule has 3 heteroatoms. The molecule has 27 heavy (non-hydrogen) atoms. The van der Waals surface area contributed by atoms with E-state index in [0.29, 0.717) is 22.3 Å². The largest absolute Gasteiger partial charge is 0.456 e. The Morgan fingerprint density at radius 1 is 0.704 bits per heavy atom. The standard InChI is InChI=1S/C24H18O3/c1-12-4-6-15(7-5-12)16-10-13(2)19(14(3)11-16)22-23(25)20-17-8-9-18(27-17)21(20)24(22)26/h4-11,22H,1-3H3. The van der Waals surface area contributed by atoms with Crippen LogP contribution in [0.2, 0.25) is 0 Å². The van der Waals surface area contributed by atoms with E-state index in [1.807, 2.05) is 13.8 Å². The first-order chi connectivity index (χ1) is 13.0. The van der Waals surface area contributed by atoms with Crippen molar-refractivity contribution in [2.75, 3.05) is 0 Å². The van der Waals surface area contributed by atoms with E-state index in [0.717, 1.165) is 27.8 Å². The topological polar surface area (TPSA) is 47.3 Å². The van der Waals surface area contributed by atoms with Crippen LogP contribution in [0, 0.1) is 20.8 Å². The Kier molecular flexibility index (Phi) is 3.20. The lowest BCUT2D eigenvalue weighted by Crippen LogP contribution is -2.16. The summed E-state index contributed by atoms with van der Waals surface area (Å²) < 4.78 is 5.52. The highest BCUT2D eigenvalue weighted by Crippen LogP contribution is 2.44. The number of Topliss-reactive ketones (excluding diaryl/α,β-unsaturated/α-hetero) is 2. The number of fused-ring (bicyclic) bond motifs is 5. The molecule has 0 spiro atoms. The van der Waals surface area contributed by atoms with Crippen LogP contribution in [0.1, 0.15) is 48.9 Å². The van der Waals surface area contributed by atoms with Crippen LogP contribution in [-0.4, -0.2) is 11.6 Å². The zero-order valence-electron chi connectivity index (χ0n) is 15.4. The molecule has 0 N–H and O–H groups in total. The Labute approximate surface area is 157 Å². The number of hydrogen-bond acceptors (Lipinski definition) is 3. The van der Waals surface area contributed by atoms with Gasteiger partial charge in [-0.15, -0.1) is 0 Å². The molecule has 0 radical (unpaired) electrons. The summed E-state index contributed by atoms with van der Waals surface area (Å²) in [5, 5.41) is 0. The Morgan fingerprint density at radius 3 is 1.74 bits per heavy atom. The fourth-order valence-electron chi connectivity index (χ4n) is 4.35. The zero-order chi connectivity index (χ0) is 18.9. The lowest BCUT2D eigenvalue weighted by Gasteiger charge is -2.17. The number of benzene rings is 3. The third kappa shape index (κ3) is 2.15. The molecule has 4 aromatic rings. The second-order valence-corrected chi connectivity index (χ2v) is 7.47. The van der Waals surface area contributed by atoms with Gasteiger partial charge in [-0.05, 0) is 60.7 Å². The highest BCUT2D eigenvalue weighted by molar-refractivity contribution is 6.35. The highest BCUT2D eigenvalue weighted by atomic mass is 16.3. The second kappa shape index (κ2) is 5.40. The maximum atomic E-state index is 13.1. The number of rotatable bonds is 2. The molecule has 0 amide bonds. The maximum Gasteiger partial charge on any atom is 0.182 e. The van der Waals surface area contributed by atoms with Gasteiger partial charge in [0.25, 0.3) is 0 Å². The molecule has 0 aliphatic heterocycles. The van der Waals surface area contributed by atoms with Crippen molar-refractivity contribution in [3.05, 3.63) is 81.9 Å². The van der Waals surface area contributed by atoms with Gasteiger partial charge in [0.1, 0.15) is 17.1 Å². The van der Waals surface area contributed by atoms with Crippen LogP contribution in [-0.2, 0) is 0 Å². The molecule has 5 rings (SSSR count). The van der Waals surface area contributed by atoms with E-state index >= 15 is 0 Å². The van der Waals surface area contributed by atoms with Gasteiger partial charge in [-0.3, -0.25) is 9.59 Å². The molecule has 2 aromatic carbocycles. The minimum absolute atomic E-state index is 0.140. The maximum absolute atomic E-state index is 13.1. The van der Waals surface area contributed by atoms with Crippen LogP contribution in [0.25, 0.3) is 22.3 Å². The highest BCUT2D eigenvalue weighted by Gasteiger charge is 2.45. The average molecular weight is 354 g/mol. The van der Waals surface area contributed by atoms with Crippen LogP contribution in [0.3, 0.4) is 0 Å². The lowest BCUT2D eigenvalue weighted by atomic mass is 9.85. The van der Waals surface area contributed by atoms with Gasteiger partial charge in [-0.1, -0.05) is 42.0 Å². The predicted octanol–water partition coefficient (Wildman–Crippen LogP) is 5.63. The van der Waals surface area contributed by atoms with E-state index in [-0.39, 0.29) is 11.6 Å². The van der Waals surface area contributed by atoms with E-state index in [9.17, 15) is 9.59 Å². The normalized spacial score (nSPS) is 14.5. The zero-order valence-corrected chi connectivity index (χ0v) is 15.4. The summed E-state index contributed by atoms with van der Waals surface area (Å²) in [7, 11) is 0. The molecule has 1 aliphatic rings. The second-order valence-electron chi connectivity index (χ2n) is 7.47. The van der Waals surface area contributed by atoms with Crippen LogP contribution < -0.4 is 0 Å². The molecule has 3 nitrogen and oxygen atoms in total. The Bertz CT molecular complexity index is 1160. The summed E-state index contributed by atoms with van der Waals surface area (Å²) in [6, 6.07) is 16.0. The summed E-state index contributed by atoms with van der Waals surface area (Å²) >= 11 is 0. The van der Waals surface area contributed by atoms with Gasteiger partial charge in [-0.25, -0.2) is 0 Å². The van der Waals surface area contributed by atoms with Gasteiger partial charge < -0.3 is 4.42 Å². The van der Waals surface area contributed by atoms with Crippen molar-refractivity contribution < 1.29 is 14.0 Å². The number of ketones is 2. The van der Waals surface area contributed by atoms with Crippen LogP contribution in [0.4, 0.5) is 0 Å². The molecule has 1 aliphatic carbocycles. The molecule has 2 heterocycles. The summed E-state index contributed by atoms with van der Waals surface area (Å²) in [5.74, 6) is -1.03. The van der Waals surface area contributed by atoms with Crippen molar-refractivity contribution in [1.29, 1.82) is 0 Å². The number of carbonyl (C=O) groups excluding carboxylic acids is 2. The summed E-state index contributed by atoms with van der Waals surface area (Å²) in [6.45, 7) is 6.02. The molecule has 2 bridgehead atoms. The van der Waals surface area contributed by atoms with Crippen molar-refractivity contribution >= 4 is 22.7 Å². The van der Waals surface area contributed by atoms with Crippen molar-refractivity contribution in [2.24, 2.45) is 0 Å². The first-order valence-corrected chi connectivity index (χ1v) is 9.07. The quantitative estimate of drug-likeness (QED) is 0.439. The SMILES string of the molecule is Cc1ccc(-c2cc(C)c(C3C(=O)c4c(c5ccc4o5)C3=O)c(C)c2)cc1. The molecule has 0 saturated carbocycles. The summed E-state index contributed by atoms with van der Waals surface area (Å²) in [4.78, 5) is 26.1. The molecular weight excluding hydrogens is 336 g/mol. The number of aryl methyl sites for hydroxylation is 3. The monoisotopic (exact) mass is 354 g/mol. The Balaban J connectivity index is 1.62. The molecule has 2 aromatic heterocycles.